The lowest BCUT2D eigenvalue weighted by molar-refractivity contribution is -0.917. The highest BCUT2D eigenvalue weighted by atomic mass is 32.1. The van der Waals surface area contributed by atoms with E-state index in [0.717, 1.165) is 38.3 Å². The fraction of sp³-hybridized carbons (Fsp3) is 0.381. The average molecular weight is 398 g/mol. The fourth-order valence-electron chi connectivity index (χ4n) is 3.56. The second kappa shape index (κ2) is 8.67. The number of rotatable bonds is 6. The van der Waals surface area contributed by atoms with Gasteiger partial charge in [0.1, 0.15) is 6.54 Å². The molecule has 28 heavy (non-hydrogen) atoms. The molecule has 1 amide bonds. The van der Waals surface area contributed by atoms with Gasteiger partial charge in [-0.05, 0) is 23.9 Å². The molecule has 2 aromatic heterocycles. The molecule has 146 valence electrons. The molecule has 0 unspecified atom stereocenters. The molecule has 0 spiro atoms. The predicted octanol–water partition coefficient (Wildman–Crippen LogP) is 1.97. The molecule has 0 bridgehead atoms. The Morgan fingerprint density at radius 2 is 2.07 bits per heavy atom. The minimum absolute atomic E-state index is 0.172. The molecule has 0 aliphatic carbocycles. The monoisotopic (exact) mass is 397 g/mol. The maximum atomic E-state index is 12.6. The van der Waals surface area contributed by atoms with Crippen molar-refractivity contribution in [2.45, 2.75) is 26.3 Å². The molecule has 0 atom stereocenters. The lowest BCUT2D eigenvalue weighted by atomic mass is 10.1. The summed E-state index contributed by atoms with van der Waals surface area (Å²) in [6.07, 6.45) is 0.907. The zero-order valence-electron chi connectivity index (χ0n) is 16.1. The third kappa shape index (κ3) is 4.48. The normalized spacial score (nSPS) is 15.1. The minimum Gasteiger partial charge on any atom is -0.339 e. The number of nitrogens with zero attached hydrogens (tertiary/aromatic N) is 3. The topological polar surface area (TPSA) is 63.7 Å². The van der Waals surface area contributed by atoms with Gasteiger partial charge >= 0.3 is 0 Å². The Morgan fingerprint density at radius 1 is 1.25 bits per heavy atom. The number of nitrogens with one attached hydrogen (secondary N) is 1. The second-order valence-corrected chi connectivity index (χ2v) is 8.04. The quantitative estimate of drug-likeness (QED) is 0.691. The number of thiophene rings is 1. The van der Waals surface area contributed by atoms with E-state index in [9.17, 15) is 4.79 Å². The first-order valence-corrected chi connectivity index (χ1v) is 10.6. The van der Waals surface area contributed by atoms with Crippen LogP contribution in [0.2, 0.25) is 0 Å². The number of aryl methyl sites for hydroxylation is 2. The van der Waals surface area contributed by atoms with Crippen molar-refractivity contribution in [3.05, 3.63) is 58.1 Å². The third-order valence-corrected chi connectivity index (χ3v) is 6.01. The van der Waals surface area contributed by atoms with E-state index in [4.69, 9.17) is 4.52 Å². The zero-order chi connectivity index (χ0) is 19.3. The molecule has 1 aliphatic heterocycles. The highest BCUT2D eigenvalue weighted by Gasteiger charge is 2.24. The number of hydrogen-bond donors (Lipinski definition) is 1. The van der Waals surface area contributed by atoms with Gasteiger partial charge in [0.25, 0.3) is 0 Å². The van der Waals surface area contributed by atoms with Gasteiger partial charge in [-0.1, -0.05) is 29.4 Å². The van der Waals surface area contributed by atoms with Crippen LogP contribution in [0.3, 0.4) is 0 Å². The van der Waals surface area contributed by atoms with Crippen LogP contribution < -0.4 is 4.90 Å². The standard InChI is InChI=1S/C21H24N4O2S/c1-16-4-2-3-5-17(16)14-24-9-11-25(12-10-24)20(26)7-6-19-22-21(23-27-19)18-8-13-28-15-18/h2-5,8,13,15H,6-7,9-12,14H2,1H3/p+1. The van der Waals surface area contributed by atoms with Crippen molar-refractivity contribution in [2.24, 2.45) is 0 Å². The van der Waals surface area contributed by atoms with E-state index in [0.29, 0.717) is 24.6 Å². The predicted molar refractivity (Wildman–Crippen MR) is 108 cm³/mol. The fourth-order valence-corrected chi connectivity index (χ4v) is 4.20. The molecule has 1 saturated heterocycles. The van der Waals surface area contributed by atoms with Crippen LogP contribution in [0.1, 0.15) is 23.4 Å². The lowest BCUT2D eigenvalue weighted by Gasteiger charge is -2.32. The van der Waals surface area contributed by atoms with Crippen molar-refractivity contribution < 1.29 is 14.2 Å². The van der Waals surface area contributed by atoms with E-state index in [1.807, 2.05) is 21.7 Å². The van der Waals surface area contributed by atoms with Crippen LogP contribution in [0.15, 0.2) is 45.6 Å². The van der Waals surface area contributed by atoms with Crippen molar-refractivity contribution in [3.8, 4) is 11.4 Å². The first-order valence-electron chi connectivity index (χ1n) is 9.70. The number of carbonyl (C=O) groups excluding carboxylic acids is 1. The summed E-state index contributed by atoms with van der Waals surface area (Å²) in [5, 5.41) is 7.96. The maximum Gasteiger partial charge on any atom is 0.227 e. The first-order chi connectivity index (χ1) is 13.7. The highest BCUT2D eigenvalue weighted by molar-refractivity contribution is 7.08. The van der Waals surface area contributed by atoms with Gasteiger partial charge < -0.3 is 14.3 Å². The Hall–Kier alpha value is -2.51. The van der Waals surface area contributed by atoms with E-state index in [2.05, 4.69) is 41.3 Å². The second-order valence-electron chi connectivity index (χ2n) is 7.26. The Labute approximate surface area is 168 Å². The summed E-state index contributed by atoms with van der Waals surface area (Å²) in [5.41, 5.74) is 3.70. The number of aromatic nitrogens is 2. The van der Waals surface area contributed by atoms with E-state index >= 15 is 0 Å². The SMILES string of the molecule is Cc1ccccc1C[NH+]1CCN(C(=O)CCc2nc(-c3ccsc3)no2)CC1. The summed E-state index contributed by atoms with van der Waals surface area (Å²) >= 11 is 1.60. The molecule has 3 heterocycles. The molecular formula is C21H25N4O2S+. The van der Waals surface area contributed by atoms with Crippen LogP contribution in [0.5, 0.6) is 0 Å². The number of piperazine rings is 1. The lowest BCUT2D eigenvalue weighted by Crippen LogP contribution is -3.13. The Balaban J connectivity index is 1.24. The Bertz CT molecular complexity index is 914. The van der Waals surface area contributed by atoms with Gasteiger partial charge in [0.05, 0.1) is 26.2 Å². The molecule has 3 aromatic rings. The van der Waals surface area contributed by atoms with Crippen LogP contribution in [0.25, 0.3) is 11.4 Å². The van der Waals surface area contributed by atoms with Crippen LogP contribution in [-0.2, 0) is 17.8 Å². The van der Waals surface area contributed by atoms with E-state index in [-0.39, 0.29) is 5.91 Å². The largest absolute Gasteiger partial charge is 0.339 e. The van der Waals surface area contributed by atoms with Crippen LogP contribution in [0.4, 0.5) is 0 Å². The van der Waals surface area contributed by atoms with Crippen LogP contribution in [-0.4, -0.2) is 47.1 Å². The number of amides is 1. The highest BCUT2D eigenvalue weighted by Crippen LogP contribution is 2.19. The molecule has 6 nitrogen and oxygen atoms in total. The number of benzene rings is 1. The number of carbonyl (C=O) groups is 1. The van der Waals surface area contributed by atoms with Crippen molar-refractivity contribution in [3.63, 3.8) is 0 Å². The smallest absolute Gasteiger partial charge is 0.227 e. The van der Waals surface area contributed by atoms with E-state index in [1.54, 1.807) is 11.3 Å². The van der Waals surface area contributed by atoms with Gasteiger partial charge in [0.15, 0.2) is 0 Å². The maximum absolute atomic E-state index is 12.6. The molecule has 1 N–H and O–H groups in total. The van der Waals surface area contributed by atoms with Gasteiger partial charge in [-0.15, -0.1) is 0 Å². The van der Waals surface area contributed by atoms with Crippen molar-refractivity contribution >= 4 is 17.2 Å². The van der Waals surface area contributed by atoms with Gasteiger partial charge in [-0.2, -0.15) is 16.3 Å². The summed E-state index contributed by atoms with van der Waals surface area (Å²) in [4.78, 5) is 20.5. The molecule has 7 heteroatoms. The summed E-state index contributed by atoms with van der Waals surface area (Å²) in [7, 11) is 0. The van der Waals surface area contributed by atoms with Gasteiger partial charge in [-0.25, -0.2) is 0 Å². The molecule has 1 fully saturated rings. The van der Waals surface area contributed by atoms with Gasteiger partial charge in [-0.3, -0.25) is 4.79 Å². The summed E-state index contributed by atoms with van der Waals surface area (Å²) in [6.45, 7) is 6.79. The summed E-state index contributed by atoms with van der Waals surface area (Å²) < 4.78 is 5.29. The number of hydrogen-bond acceptors (Lipinski definition) is 5. The average Bonchev–Trinajstić information content (AvgIpc) is 3.40. The minimum atomic E-state index is 0.172. The molecular weight excluding hydrogens is 372 g/mol. The molecule has 4 rings (SSSR count). The molecule has 1 aromatic carbocycles. The summed E-state index contributed by atoms with van der Waals surface area (Å²) in [6, 6.07) is 10.5. The third-order valence-electron chi connectivity index (χ3n) is 5.33. The van der Waals surface area contributed by atoms with E-state index < -0.39 is 0 Å². The summed E-state index contributed by atoms with van der Waals surface area (Å²) in [5.74, 6) is 1.29. The number of quaternary nitrogens is 1. The molecule has 1 aliphatic rings. The zero-order valence-corrected chi connectivity index (χ0v) is 16.9. The van der Waals surface area contributed by atoms with E-state index in [1.165, 1.54) is 16.0 Å². The van der Waals surface area contributed by atoms with Crippen LogP contribution in [0, 0.1) is 6.92 Å². The van der Waals surface area contributed by atoms with Gasteiger partial charge in [0, 0.05) is 29.3 Å². The first kappa shape index (κ1) is 18.8. The molecule has 0 saturated carbocycles. The van der Waals surface area contributed by atoms with Crippen molar-refractivity contribution in [1.29, 1.82) is 0 Å². The van der Waals surface area contributed by atoms with Crippen molar-refractivity contribution in [2.75, 3.05) is 26.2 Å². The Morgan fingerprint density at radius 3 is 2.82 bits per heavy atom. The van der Waals surface area contributed by atoms with Crippen molar-refractivity contribution in [1.82, 2.24) is 15.0 Å². The molecule has 0 radical (unpaired) electrons. The Kier molecular flexibility index (Phi) is 5.83. The van der Waals surface area contributed by atoms with Crippen LogP contribution >= 0.6 is 11.3 Å². The van der Waals surface area contributed by atoms with Gasteiger partial charge in [0.2, 0.25) is 17.6 Å².